The van der Waals surface area contributed by atoms with Gasteiger partial charge in [0.2, 0.25) is 0 Å². The van der Waals surface area contributed by atoms with Crippen LogP contribution in [0.2, 0.25) is 0 Å². The van der Waals surface area contributed by atoms with Gasteiger partial charge in [-0.2, -0.15) is 0 Å². The number of rotatable bonds is 38. The maximum absolute atomic E-state index is 12.4. The standard InChI is InChI=1S/C51H99NO5/c1-43(2)29-31-47(45(5)6)41-56-49(53)27-21-16-12-10-14-18-23-33-51(9,35-25-20-26-36-52-37-39-55-40-38-52)34-24-19-15-11-13-17-22-28-50(54)57-42-48(46(7)8)32-30-44(3)4/h43-48H,10-42H2,1-9H3. The molecule has 1 fully saturated rings. The maximum atomic E-state index is 12.4. The molecule has 2 atom stereocenters. The Hall–Kier alpha value is -1.14. The number of morpholine rings is 1. The van der Waals surface area contributed by atoms with Crippen LogP contribution < -0.4 is 0 Å². The summed E-state index contributed by atoms with van der Waals surface area (Å²) in [5.74, 6) is 3.50. The zero-order valence-corrected chi connectivity index (χ0v) is 39.8. The van der Waals surface area contributed by atoms with Crippen LogP contribution in [0.5, 0.6) is 0 Å². The summed E-state index contributed by atoms with van der Waals surface area (Å²) in [5.41, 5.74) is 0.465. The second-order valence-corrected chi connectivity index (χ2v) is 20.3. The van der Waals surface area contributed by atoms with E-state index in [2.05, 4.69) is 67.2 Å². The van der Waals surface area contributed by atoms with Gasteiger partial charge in [0, 0.05) is 25.9 Å². The number of carbonyl (C=O) groups excluding carboxylic acids is 2. The van der Waals surface area contributed by atoms with Crippen molar-refractivity contribution in [2.45, 2.75) is 229 Å². The highest BCUT2D eigenvalue weighted by Gasteiger charge is 2.23. The van der Waals surface area contributed by atoms with Gasteiger partial charge < -0.3 is 14.2 Å². The summed E-state index contributed by atoms with van der Waals surface area (Å²) < 4.78 is 16.9. The van der Waals surface area contributed by atoms with Crippen molar-refractivity contribution in [1.29, 1.82) is 0 Å². The fourth-order valence-corrected chi connectivity index (χ4v) is 8.53. The minimum Gasteiger partial charge on any atom is -0.465 e. The smallest absolute Gasteiger partial charge is 0.305 e. The number of esters is 2. The van der Waals surface area contributed by atoms with Crippen molar-refractivity contribution >= 4 is 11.9 Å². The van der Waals surface area contributed by atoms with Gasteiger partial charge in [0.25, 0.3) is 0 Å². The van der Waals surface area contributed by atoms with E-state index in [4.69, 9.17) is 14.2 Å². The van der Waals surface area contributed by atoms with Gasteiger partial charge in [0.1, 0.15) is 0 Å². The van der Waals surface area contributed by atoms with Gasteiger partial charge in [-0.05, 0) is 98.8 Å². The summed E-state index contributed by atoms with van der Waals surface area (Å²) >= 11 is 0. The van der Waals surface area contributed by atoms with Crippen LogP contribution in [-0.4, -0.2) is 62.9 Å². The molecule has 0 radical (unpaired) electrons. The Morgan fingerprint density at radius 2 is 0.860 bits per heavy atom. The lowest BCUT2D eigenvalue weighted by Crippen LogP contribution is -2.36. The predicted molar refractivity (Wildman–Crippen MR) is 244 cm³/mol. The lowest BCUT2D eigenvalue weighted by Gasteiger charge is -2.31. The molecule has 0 saturated carbocycles. The van der Waals surface area contributed by atoms with Crippen LogP contribution in [0, 0.1) is 40.9 Å². The molecule has 0 spiro atoms. The number of hydrogen-bond donors (Lipinski definition) is 0. The Morgan fingerprint density at radius 3 is 1.23 bits per heavy atom. The fourth-order valence-electron chi connectivity index (χ4n) is 8.53. The molecule has 1 aliphatic rings. The fraction of sp³-hybridized carbons (Fsp3) is 0.961. The molecule has 6 heteroatoms. The van der Waals surface area contributed by atoms with E-state index in [0.717, 1.165) is 64.8 Å². The molecule has 0 aromatic heterocycles. The monoisotopic (exact) mass is 806 g/mol. The van der Waals surface area contributed by atoms with E-state index >= 15 is 0 Å². The molecule has 0 N–H and O–H groups in total. The lowest BCUT2D eigenvalue weighted by atomic mass is 9.75. The summed E-state index contributed by atoms with van der Waals surface area (Å²) in [6.07, 6.45) is 31.3. The Morgan fingerprint density at radius 1 is 0.509 bits per heavy atom. The molecule has 2 unspecified atom stereocenters. The van der Waals surface area contributed by atoms with Gasteiger partial charge in [0.15, 0.2) is 0 Å². The molecule has 0 amide bonds. The molecule has 0 aromatic carbocycles. The van der Waals surface area contributed by atoms with Gasteiger partial charge in [-0.1, -0.05) is 165 Å². The minimum atomic E-state index is 0.00232. The van der Waals surface area contributed by atoms with E-state index in [0.29, 0.717) is 67.0 Å². The molecule has 1 heterocycles. The normalized spacial score (nSPS) is 16.1. The second kappa shape index (κ2) is 34.6. The van der Waals surface area contributed by atoms with E-state index in [1.165, 1.54) is 122 Å². The average molecular weight is 806 g/mol. The van der Waals surface area contributed by atoms with Crippen LogP contribution >= 0.6 is 0 Å². The minimum absolute atomic E-state index is 0.00232. The largest absolute Gasteiger partial charge is 0.465 e. The molecule has 1 rings (SSSR count). The van der Waals surface area contributed by atoms with E-state index < -0.39 is 0 Å². The summed E-state index contributed by atoms with van der Waals surface area (Å²) in [6.45, 7) is 27.1. The summed E-state index contributed by atoms with van der Waals surface area (Å²) in [4.78, 5) is 27.3. The van der Waals surface area contributed by atoms with E-state index in [1.54, 1.807) is 0 Å². The SMILES string of the molecule is CC(C)CCC(COC(=O)CCCCCCCCCC(C)(CCCCCCCCCC(=O)OCC(CCC(C)C)C(C)C)CCCCCN1CCOCC1)C(C)C. The molecule has 0 aromatic rings. The molecule has 0 bridgehead atoms. The lowest BCUT2D eigenvalue weighted by molar-refractivity contribution is -0.146. The number of unbranched alkanes of at least 4 members (excludes halogenated alkanes) is 14. The molecule has 338 valence electrons. The highest BCUT2D eigenvalue weighted by atomic mass is 16.5. The van der Waals surface area contributed by atoms with Gasteiger partial charge in [-0.25, -0.2) is 0 Å². The van der Waals surface area contributed by atoms with Crippen LogP contribution in [0.4, 0.5) is 0 Å². The Labute approximate surface area is 355 Å². The van der Waals surface area contributed by atoms with Crippen molar-refractivity contribution < 1.29 is 23.8 Å². The number of nitrogens with zero attached hydrogens (tertiary/aromatic N) is 1. The van der Waals surface area contributed by atoms with Crippen molar-refractivity contribution in [3.05, 3.63) is 0 Å². The first kappa shape index (κ1) is 53.9. The van der Waals surface area contributed by atoms with Gasteiger partial charge in [-0.3, -0.25) is 14.5 Å². The van der Waals surface area contributed by atoms with Crippen molar-refractivity contribution in [1.82, 2.24) is 4.90 Å². The second-order valence-electron chi connectivity index (χ2n) is 20.3. The first-order valence-electron chi connectivity index (χ1n) is 24.9. The van der Waals surface area contributed by atoms with Crippen molar-refractivity contribution in [2.75, 3.05) is 46.1 Å². The zero-order chi connectivity index (χ0) is 42.2. The topological polar surface area (TPSA) is 65.1 Å². The van der Waals surface area contributed by atoms with Crippen LogP contribution in [-0.2, 0) is 23.8 Å². The molecule has 6 nitrogen and oxygen atoms in total. The van der Waals surface area contributed by atoms with Crippen molar-refractivity contribution in [3.8, 4) is 0 Å². The third-order valence-corrected chi connectivity index (χ3v) is 13.2. The van der Waals surface area contributed by atoms with Crippen LogP contribution in [0.1, 0.15) is 229 Å². The van der Waals surface area contributed by atoms with E-state index in [1.807, 2.05) is 0 Å². The van der Waals surface area contributed by atoms with Gasteiger partial charge in [0.05, 0.1) is 26.4 Å². The van der Waals surface area contributed by atoms with Crippen LogP contribution in [0.25, 0.3) is 0 Å². The highest BCUT2D eigenvalue weighted by molar-refractivity contribution is 5.69. The maximum Gasteiger partial charge on any atom is 0.305 e. The summed E-state index contributed by atoms with van der Waals surface area (Å²) in [5, 5.41) is 0. The van der Waals surface area contributed by atoms with Gasteiger partial charge in [-0.15, -0.1) is 0 Å². The molecule has 57 heavy (non-hydrogen) atoms. The van der Waals surface area contributed by atoms with Crippen LogP contribution in [0.3, 0.4) is 0 Å². The zero-order valence-electron chi connectivity index (χ0n) is 39.8. The number of ether oxygens (including phenoxy) is 3. The van der Waals surface area contributed by atoms with Crippen molar-refractivity contribution in [3.63, 3.8) is 0 Å². The first-order chi connectivity index (χ1) is 27.3. The third-order valence-electron chi connectivity index (χ3n) is 13.2. The molecular formula is C51H99NO5. The number of hydrogen-bond acceptors (Lipinski definition) is 6. The third kappa shape index (κ3) is 31.4. The van der Waals surface area contributed by atoms with E-state index in [-0.39, 0.29) is 11.9 Å². The quantitative estimate of drug-likeness (QED) is 0.0457. The number of carbonyl (C=O) groups is 2. The molecule has 1 aliphatic heterocycles. The Balaban J connectivity index is 2.28. The summed E-state index contributed by atoms with van der Waals surface area (Å²) in [7, 11) is 0. The van der Waals surface area contributed by atoms with Crippen molar-refractivity contribution in [2.24, 2.45) is 40.9 Å². The predicted octanol–water partition coefficient (Wildman–Crippen LogP) is 14.4. The van der Waals surface area contributed by atoms with E-state index in [9.17, 15) is 9.59 Å². The summed E-state index contributed by atoms with van der Waals surface area (Å²) in [6, 6.07) is 0. The average Bonchev–Trinajstić information content (AvgIpc) is 3.16. The first-order valence-corrected chi connectivity index (χ1v) is 24.9. The van der Waals surface area contributed by atoms with Crippen LogP contribution in [0.15, 0.2) is 0 Å². The Kier molecular flexibility index (Phi) is 32.7. The molecular weight excluding hydrogens is 707 g/mol. The molecule has 0 aliphatic carbocycles. The Bertz CT molecular complexity index is 884. The molecule has 1 saturated heterocycles. The van der Waals surface area contributed by atoms with Gasteiger partial charge >= 0.3 is 11.9 Å². The highest BCUT2D eigenvalue weighted by Crippen LogP contribution is 2.37.